The molecule has 1 aromatic heterocycles. The molecule has 3 N–H and O–H groups in total. The largest absolute Gasteiger partial charge is 0.737 e. The number of halogens is 2. The second-order valence-corrected chi connectivity index (χ2v) is 18.4. The maximum atomic E-state index is 17.0. The highest BCUT2D eigenvalue weighted by atomic mass is 32.2. The predicted octanol–water partition coefficient (Wildman–Crippen LogP) is 2.82. The molecule has 1 unspecified atom stereocenters. The zero-order valence-electron chi connectivity index (χ0n) is 35.5. The summed E-state index contributed by atoms with van der Waals surface area (Å²) in [4.78, 5) is 68.2. The molecular weight excluding hydrogens is 815 g/mol. The molecule has 61 heavy (non-hydrogen) atoms. The third-order valence-electron chi connectivity index (χ3n) is 10.8. The first-order chi connectivity index (χ1) is 28.6. The summed E-state index contributed by atoms with van der Waals surface area (Å²) in [5.74, 6) is -4.46. The minimum absolute atomic E-state index is 0.0165. The number of fused-ring (bicyclic) bond motifs is 2. The lowest BCUT2D eigenvalue weighted by Crippen LogP contribution is -2.52. The zero-order chi connectivity index (χ0) is 44.7. The molecule has 3 aliphatic heterocycles. The number of hydrogen-bond donors (Lipinski definition) is 3. The van der Waals surface area contributed by atoms with Crippen molar-refractivity contribution < 1.29 is 59.4 Å². The quantitative estimate of drug-likeness (QED) is 0.0523. The van der Waals surface area contributed by atoms with E-state index >= 15 is 8.63 Å². The molecule has 4 heterocycles. The van der Waals surface area contributed by atoms with E-state index in [9.17, 15) is 36.9 Å². The minimum atomic E-state index is -4.71. The molecule has 0 spiro atoms. The van der Waals surface area contributed by atoms with Crippen molar-refractivity contribution in [3.05, 3.63) is 76.3 Å². The van der Waals surface area contributed by atoms with Crippen LogP contribution in [-0.4, -0.2) is 145 Å². The number of imide groups is 1. The van der Waals surface area contributed by atoms with E-state index in [0.717, 1.165) is 32.0 Å². The van der Waals surface area contributed by atoms with Crippen molar-refractivity contribution in [2.24, 2.45) is 0 Å². The van der Waals surface area contributed by atoms with Gasteiger partial charge in [0.05, 0.1) is 27.7 Å². The fourth-order valence-electron chi connectivity index (χ4n) is 7.73. The van der Waals surface area contributed by atoms with E-state index < -0.39 is 58.5 Å². The van der Waals surface area contributed by atoms with E-state index in [1.165, 1.54) is 0 Å². The number of likely N-dealkylation sites (N-methyl/N-ethyl adjacent to an activating group) is 1. The van der Waals surface area contributed by atoms with E-state index in [0.29, 0.717) is 72.1 Å². The van der Waals surface area contributed by atoms with Crippen LogP contribution in [0.4, 0.5) is 8.63 Å². The van der Waals surface area contributed by atoms with Crippen molar-refractivity contribution in [3.63, 3.8) is 0 Å². The molecule has 0 bridgehead atoms. The first-order valence-corrected chi connectivity index (χ1v) is 22.2. The minimum Gasteiger partial charge on any atom is -0.394 e. The van der Waals surface area contributed by atoms with Gasteiger partial charge in [0.2, 0.25) is 11.8 Å². The summed E-state index contributed by atoms with van der Waals surface area (Å²) in [7, 11) is 3.34. The van der Waals surface area contributed by atoms with Gasteiger partial charge in [0.25, 0.3) is 21.9 Å². The SMILES string of the molecule is Cc1cc(CCC(=O)NC(CS(=O)(=O)O)C(=O)NCCN(C)CCCCCC(=O)ON2C(=O)CCC2=O)n2c1C=C1C(CCC[N+](C)(C)C)=CC(c3ccccc3)=[N+]1[B-]2(F)F. The monoisotopic (exact) mass is 872 g/mol. The molecule has 1 aromatic carbocycles. The van der Waals surface area contributed by atoms with Gasteiger partial charge in [-0.3, -0.25) is 23.7 Å². The number of carbonyl (C=O) groups excluding carboxylic acids is 5. The van der Waals surface area contributed by atoms with Gasteiger partial charge in [-0.15, -0.1) is 5.06 Å². The molecule has 0 aliphatic carbocycles. The van der Waals surface area contributed by atoms with Gasteiger partial charge >= 0.3 is 12.9 Å². The fourth-order valence-corrected chi connectivity index (χ4v) is 8.39. The fraction of sp³-hybridized carbons (Fsp3) is 0.512. The summed E-state index contributed by atoms with van der Waals surface area (Å²) in [6.07, 6.45) is 6.38. The molecule has 16 nitrogen and oxygen atoms in total. The maximum Gasteiger partial charge on any atom is 0.737 e. The Morgan fingerprint density at radius 1 is 0.984 bits per heavy atom. The number of unbranched alkanes of at least 4 members (excludes halogenated alkanes) is 2. The lowest BCUT2D eigenvalue weighted by Gasteiger charge is -2.32. The first kappa shape index (κ1) is 47.0. The summed E-state index contributed by atoms with van der Waals surface area (Å²) in [5, 5.41) is 5.46. The van der Waals surface area contributed by atoms with Crippen LogP contribution in [0.25, 0.3) is 6.08 Å². The second-order valence-electron chi connectivity index (χ2n) is 16.9. The Morgan fingerprint density at radius 3 is 2.33 bits per heavy atom. The van der Waals surface area contributed by atoms with Gasteiger partial charge in [-0.2, -0.15) is 8.42 Å². The lowest BCUT2D eigenvalue weighted by atomic mass is 9.88. The first-order valence-electron chi connectivity index (χ1n) is 20.6. The van der Waals surface area contributed by atoms with Crippen LogP contribution in [0, 0.1) is 6.92 Å². The van der Waals surface area contributed by atoms with E-state index in [-0.39, 0.29) is 44.3 Å². The average molecular weight is 873 g/mol. The third kappa shape index (κ3) is 12.5. The number of hydroxylamine groups is 2. The molecular formula is C41H57BF2N7O9S+. The Morgan fingerprint density at radius 2 is 1.67 bits per heavy atom. The summed E-state index contributed by atoms with van der Waals surface area (Å²) in [5.41, 5.74) is 3.43. The maximum absolute atomic E-state index is 17.0. The Balaban J connectivity index is 1.16. The Kier molecular flexibility index (Phi) is 15.2. The number of carbonyl (C=O) groups is 5. The number of amides is 4. The lowest BCUT2D eigenvalue weighted by molar-refractivity contribution is -0.870. The molecule has 5 rings (SSSR count). The second kappa shape index (κ2) is 19.8. The molecule has 1 fully saturated rings. The molecule has 1 saturated heterocycles. The van der Waals surface area contributed by atoms with Crippen LogP contribution in [0.3, 0.4) is 0 Å². The van der Waals surface area contributed by atoms with Gasteiger partial charge in [0.1, 0.15) is 11.8 Å². The Bertz CT molecular complexity index is 2200. The molecule has 4 amide bonds. The van der Waals surface area contributed by atoms with Crippen molar-refractivity contribution in [1.82, 2.24) is 25.1 Å². The number of rotatable bonds is 22. The number of nitrogens with one attached hydrogen (secondary N) is 2. The van der Waals surface area contributed by atoms with Crippen LogP contribution in [0.2, 0.25) is 0 Å². The topological polar surface area (TPSA) is 187 Å². The number of benzene rings is 1. The smallest absolute Gasteiger partial charge is 0.394 e. The standard InChI is InChI=1S/C41H56BF2N7O9S/c1-29-25-32(48-34(29)27-36-31(15-12-24-51(3,4)5)26-35(49(36)42(48,43)44)30-13-8-6-9-14-30)17-18-37(52)46-33(28-61(57,58)59)41(56)45-21-23-47(2)22-11-7-10-16-40(55)60-50-38(53)19-20-39(50)54/h6,8-9,13-14,25-27,33H,7,10-12,15-24,28H2,1-5H3,(H2-,45,46,52,56,57,58,59)/p+1. The van der Waals surface area contributed by atoms with Crippen LogP contribution in [0.1, 0.15) is 80.3 Å². The van der Waals surface area contributed by atoms with E-state index in [4.69, 9.17) is 4.84 Å². The van der Waals surface area contributed by atoms with Gasteiger partial charge < -0.3 is 42.5 Å². The molecule has 1 atom stereocenters. The number of aryl methyl sites for hydroxylation is 2. The van der Waals surface area contributed by atoms with Crippen molar-refractivity contribution in [3.8, 4) is 0 Å². The van der Waals surface area contributed by atoms with E-state index in [2.05, 4.69) is 31.8 Å². The van der Waals surface area contributed by atoms with Gasteiger partial charge in [0.15, 0.2) is 11.4 Å². The molecule has 332 valence electrons. The van der Waals surface area contributed by atoms with Crippen molar-refractivity contribution in [2.75, 3.05) is 60.1 Å². The molecule has 3 aliphatic rings. The Hall–Kier alpha value is -5.05. The number of allylic oxidation sites excluding steroid dienone is 2. The van der Waals surface area contributed by atoms with E-state index in [1.807, 2.05) is 17.0 Å². The highest BCUT2D eigenvalue weighted by Crippen LogP contribution is 2.39. The van der Waals surface area contributed by atoms with Crippen LogP contribution in [0.5, 0.6) is 0 Å². The number of aromatic nitrogens is 1. The van der Waals surface area contributed by atoms with Crippen LogP contribution < -0.4 is 10.6 Å². The van der Waals surface area contributed by atoms with Crippen molar-refractivity contribution in [2.45, 2.75) is 77.2 Å². The average Bonchev–Trinajstić information content (AvgIpc) is 3.82. The predicted molar refractivity (Wildman–Crippen MR) is 224 cm³/mol. The van der Waals surface area contributed by atoms with E-state index in [1.54, 1.807) is 50.4 Å². The van der Waals surface area contributed by atoms with Gasteiger partial charge in [-0.05, 0) is 75.7 Å². The zero-order valence-corrected chi connectivity index (χ0v) is 36.3. The highest BCUT2D eigenvalue weighted by Gasteiger charge is 2.54. The van der Waals surface area contributed by atoms with Gasteiger partial charge in [0, 0.05) is 74.2 Å². The number of hydrogen-bond acceptors (Lipinski definition) is 9. The summed E-state index contributed by atoms with van der Waals surface area (Å²) in [6, 6.07) is 8.99. The molecule has 0 saturated carbocycles. The molecule has 0 radical (unpaired) electrons. The number of nitrogens with zero attached hydrogens (tertiary/aromatic N) is 5. The van der Waals surface area contributed by atoms with Crippen LogP contribution in [0.15, 0.2) is 53.7 Å². The summed E-state index contributed by atoms with van der Waals surface area (Å²) in [6.45, 7) is -0.834. The van der Waals surface area contributed by atoms with Crippen LogP contribution >= 0.6 is 0 Å². The summed E-state index contributed by atoms with van der Waals surface area (Å²) >= 11 is 0. The Labute approximate surface area is 355 Å². The van der Waals surface area contributed by atoms with Gasteiger partial charge in [-0.25, -0.2) is 4.79 Å². The molecule has 20 heteroatoms. The van der Waals surface area contributed by atoms with Crippen molar-refractivity contribution in [1.29, 1.82) is 0 Å². The summed E-state index contributed by atoms with van der Waals surface area (Å²) < 4.78 is 70.2. The normalized spacial score (nSPS) is 16.6. The number of quaternary nitrogens is 1. The highest BCUT2D eigenvalue weighted by molar-refractivity contribution is 7.85. The van der Waals surface area contributed by atoms with Crippen molar-refractivity contribution >= 4 is 58.5 Å². The third-order valence-corrected chi connectivity index (χ3v) is 11.6. The van der Waals surface area contributed by atoms with Gasteiger partial charge in [-0.1, -0.05) is 24.6 Å². The van der Waals surface area contributed by atoms with Crippen LogP contribution in [-0.2, 0) is 45.3 Å². The molecule has 2 aromatic rings.